The van der Waals surface area contributed by atoms with Crippen LogP contribution in [0.15, 0.2) is 41.0 Å². The summed E-state index contributed by atoms with van der Waals surface area (Å²) < 4.78 is 5.68. The second-order valence-corrected chi connectivity index (χ2v) is 6.87. The summed E-state index contributed by atoms with van der Waals surface area (Å²) >= 11 is 0. The second-order valence-electron chi connectivity index (χ2n) is 6.87. The summed E-state index contributed by atoms with van der Waals surface area (Å²) in [6, 6.07) is 10.7. The third-order valence-electron chi connectivity index (χ3n) is 5.15. The Morgan fingerprint density at radius 3 is 2.96 bits per heavy atom. The number of anilines is 1. The second kappa shape index (κ2) is 5.98. The molecule has 1 unspecified atom stereocenters. The van der Waals surface area contributed by atoms with Crippen molar-refractivity contribution in [2.45, 2.75) is 38.4 Å². The highest BCUT2D eigenvalue weighted by Crippen LogP contribution is 2.33. The summed E-state index contributed by atoms with van der Waals surface area (Å²) in [5.41, 5.74) is 9.19. The number of nitrogens with zero attached hydrogens (tertiary/aromatic N) is 2. The van der Waals surface area contributed by atoms with Gasteiger partial charge in [-0.25, -0.2) is 0 Å². The van der Waals surface area contributed by atoms with Gasteiger partial charge >= 0.3 is 0 Å². The number of para-hydroxylation sites is 1. The number of carbonyl (C=O) groups excluding carboxylic acids is 1. The van der Waals surface area contributed by atoms with Crippen molar-refractivity contribution >= 4 is 11.6 Å². The van der Waals surface area contributed by atoms with Crippen molar-refractivity contribution < 1.29 is 9.21 Å². The quantitative estimate of drug-likeness (QED) is 0.941. The molecule has 4 rings (SSSR count). The van der Waals surface area contributed by atoms with Gasteiger partial charge in [0, 0.05) is 30.9 Å². The minimum Gasteiger partial charge on any atom is -0.467 e. The molecule has 2 aliphatic heterocycles. The predicted octanol–water partition coefficient (Wildman–Crippen LogP) is 2.40. The van der Waals surface area contributed by atoms with E-state index >= 15 is 0 Å². The lowest BCUT2D eigenvalue weighted by molar-refractivity contribution is 0.0788. The Morgan fingerprint density at radius 2 is 2.17 bits per heavy atom. The average Bonchev–Trinajstić information content (AvgIpc) is 3.27. The van der Waals surface area contributed by atoms with Gasteiger partial charge in [0.2, 0.25) is 0 Å². The van der Waals surface area contributed by atoms with E-state index in [4.69, 9.17) is 10.2 Å². The monoisotopic (exact) mass is 325 g/mol. The molecule has 0 saturated carbocycles. The largest absolute Gasteiger partial charge is 0.467 e. The Hall–Kier alpha value is -2.27. The van der Waals surface area contributed by atoms with Gasteiger partial charge in [-0.1, -0.05) is 18.2 Å². The number of nitrogens with two attached hydrogens (primary N) is 1. The number of hydrogen-bond donors (Lipinski definition) is 1. The van der Waals surface area contributed by atoms with E-state index in [2.05, 4.69) is 36.1 Å². The molecule has 2 N–H and O–H groups in total. The van der Waals surface area contributed by atoms with Crippen molar-refractivity contribution in [2.24, 2.45) is 5.73 Å². The van der Waals surface area contributed by atoms with Crippen LogP contribution in [0.3, 0.4) is 0 Å². The van der Waals surface area contributed by atoms with Gasteiger partial charge in [-0.3, -0.25) is 4.79 Å². The SMILES string of the molecule is CC1Cc2ccccc2N1Cc1occc1C(=O)N1CC[C@@H](N)C1. The fourth-order valence-corrected chi connectivity index (χ4v) is 3.82. The summed E-state index contributed by atoms with van der Waals surface area (Å²) in [7, 11) is 0. The maximum absolute atomic E-state index is 12.8. The van der Waals surface area contributed by atoms with Crippen molar-refractivity contribution in [3.05, 3.63) is 53.5 Å². The standard InChI is InChI=1S/C19H23N3O2/c1-13-10-14-4-2-3-5-17(14)22(13)12-18-16(7-9-24-18)19(23)21-8-6-15(20)11-21/h2-5,7,9,13,15H,6,8,10-12,20H2,1H3/t13?,15-/m1/s1. The molecule has 0 spiro atoms. The Morgan fingerprint density at radius 1 is 1.33 bits per heavy atom. The summed E-state index contributed by atoms with van der Waals surface area (Å²) in [5.74, 6) is 0.774. The lowest BCUT2D eigenvalue weighted by Crippen LogP contribution is -2.33. The van der Waals surface area contributed by atoms with E-state index in [1.807, 2.05) is 4.90 Å². The van der Waals surface area contributed by atoms with Crippen LogP contribution in [-0.2, 0) is 13.0 Å². The molecule has 1 saturated heterocycles. The maximum Gasteiger partial charge on any atom is 0.257 e. The Balaban J connectivity index is 1.56. The lowest BCUT2D eigenvalue weighted by atomic mass is 10.1. The average molecular weight is 325 g/mol. The molecule has 1 fully saturated rings. The first kappa shape index (κ1) is 15.3. The summed E-state index contributed by atoms with van der Waals surface area (Å²) in [5, 5.41) is 0. The maximum atomic E-state index is 12.8. The van der Waals surface area contributed by atoms with Crippen LogP contribution in [0.5, 0.6) is 0 Å². The van der Waals surface area contributed by atoms with Crippen molar-refractivity contribution in [2.75, 3.05) is 18.0 Å². The number of rotatable bonds is 3. The van der Waals surface area contributed by atoms with Crippen LogP contribution in [-0.4, -0.2) is 36.0 Å². The van der Waals surface area contributed by atoms with Gasteiger partial charge in [0.1, 0.15) is 5.76 Å². The van der Waals surface area contributed by atoms with Crippen molar-refractivity contribution in [1.29, 1.82) is 0 Å². The highest BCUT2D eigenvalue weighted by molar-refractivity contribution is 5.95. The smallest absolute Gasteiger partial charge is 0.257 e. The predicted molar refractivity (Wildman–Crippen MR) is 93.0 cm³/mol. The molecular formula is C19H23N3O2. The van der Waals surface area contributed by atoms with E-state index in [0.717, 1.165) is 25.1 Å². The molecule has 3 heterocycles. The van der Waals surface area contributed by atoms with Gasteiger partial charge < -0.3 is 20.0 Å². The van der Waals surface area contributed by atoms with Gasteiger partial charge in [0.15, 0.2) is 0 Å². The Labute approximate surface area is 142 Å². The number of carbonyl (C=O) groups is 1. The third-order valence-corrected chi connectivity index (χ3v) is 5.15. The fourth-order valence-electron chi connectivity index (χ4n) is 3.82. The molecule has 2 aliphatic rings. The van der Waals surface area contributed by atoms with Crippen molar-refractivity contribution in [1.82, 2.24) is 4.90 Å². The molecule has 5 heteroatoms. The zero-order valence-electron chi connectivity index (χ0n) is 13.9. The molecule has 0 aliphatic carbocycles. The minimum atomic E-state index is 0.0341. The molecule has 1 amide bonds. The van der Waals surface area contributed by atoms with Gasteiger partial charge in [-0.15, -0.1) is 0 Å². The van der Waals surface area contributed by atoms with Crippen LogP contribution in [0.2, 0.25) is 0 Å². The molecule has 1 aromatic carbocycles. The van der Waals surface area contributed by atoms with Gasteiger partial charge in [-0.05, 0) is 37.5 Å². The third kappa shape index (κ3) is 2.59. The van der Waals surface area contributed by atoms with Crippen LogP contribution >= 0.6 is 0 Å². The zero-order valence-corrected chi connectivity index (χ0v) is 13.9. The van der Waals surface area contributed by atoms with E-state index in [1.54, 1.807) is 12.3 Å². The van der Waals surface area contributed by atoms with Crippen LogP contribution in [0.25, 0.3) is 0 Å². The van der Waals surface area contributed by atoms with Crippen LogP contribution in [0.4, 0.5) is 5.69 Å². The first-order valence-electron chi connectivity index (χ1n) is 8.59. The molecule has 5 nitrogen and oxygen atoms in total. The first-order chi connectivity index (χ1) is 11.6. The molecule has 1 aromatic heterocycles. The summed E-state index contributed by atoms with van der Waals surface area (Å²) in [4.78, 5) is 16.9. The molecule has 2 atom stereocenters. The Bertz CT molecular complexity index is 755. The lowest BCUT2D eigenvalue weighted by Gasteiger charge is -2.24. The molecule has 0 radical (unpaired) electrons. The van der Waals surface area contributed by atoms with E-state index in [1.165, 1.54) is 11.3 Å². The Kier molecular flexibility index (Phi) is 3.81. The number of likely N-dealkylation sites (tertiary alicyclic amines) is 1. The molecule has 0 bridgehead atoms. The number of amides is 1. The minimum absolute atomic E-state index is 0.0341. The summed E-state index contributed by atoms with van der Waals surface area (Å²) in [6.07, 6.45) is 3.52. The van der Waals surface area contributed by atoms with E-state index in [0.29, 0.717) is 24.7 Å². The zero-order chi connectivity index (χ0) is 16.7. The van der Waals surface area contributed by atoms with E-state index < -0.39 is 0 Å². The van der Waals surface area contributed by atoms with Crippen LogP contribution in [0, 0.1) is 0 Å². The fraction of sp³-hybridized carbons (Fsp3) is 0.421. The number of hydrogen-bond acceptors (Lipinski definition) is 4. The normalized spacial score (nSPS) is 22.9. The molecular weight excluding hydrogens is 302 g/mol. The number of furan rings is 1. The van der Waals surface area contributed by atoms with Gasteiger partial charge in [0.05, 0.1) is 18.4 Å². The van der Waals surface area contributed by atoms with Crippen molar-refractivity contribution in [3.63, 3.8) is 0 Å². The highest BCUT2D eigenvalue weighted by atomic mass is 16.3. The highest BCUT2D eigenvalue weighted by Gasteiger charge is 2.30. The van der Waals surface area contributed by atoms with E-state index in [-0.39, 0.29) is 11.9 Å². The molecule has 126 valence electrons. The number of benzene rings is 1. The topological polar surface area (TPSA) is 62.7 Å². The number of fused-ring (bicyclic) bond motifs is 1. The molecule has 2 aromatic rings. The summed E-state index contributed by atoms with van der Waals surface area (Å²) in [6.45, 7) is 4.19. The van der Waals surface area contributed by atoms with Crippen LogP contribution in [0.1, 0.15) is 35.0 Å². The van der Waals surface area contributed by atoms with E-state index in [9.17, 15) is 4.79 Å². The molecule has 24 heavy (non-hydrogen) atoms. The van der Waals surface area contributed by atoms with Crippen molar-refractivity contribution in [3.8, 4) is 0 Å². The van der Waals surface area contributed by atoms with Gasteiger partial charge in [-0.2, -0.15) is 0 Å². The first-order valence-corrected chi connectivity index (χ1v) is 8.59. The van der Waals surface area contributed by atoms with Crippen LogP contribution < -0.4 is 10.6 Å². The van der Waals surface area contributed by atoms with Gasteiger partial charge in [0.25, 0.3) is 5.91 Å².